The fraction of sp³-hybridized carbons (Fsp3) is 0.333. The summed E-state index contributed by atoms with van der Waals surface area (Å²) in [5, 5.41) is 3.20. The van der Waals surface area contributed by atoms with Crippen LogP contribution in [-0.4, -0.2) is 6.54 Å². The minimum atomic E-state index is -0.476. The Morgan fingerprint density at radius 1 is 0.952 bits per heavy atom. The lowest BCUT2D eigenvalue weighted by atomic mass is 9.92. The average molecular weight is 289 g/mol. The zero-order valence-corrected chi connectivity index (χ0v) is 12.9. The van der Waals surface area contributed by atoms with Gasteiger partial charge in [0.15, 0.2) is 0 Å². The van der Waals surface area contributed by atoms with Crippen LogP contribution in [-0.2, 0) is 0 Å². The third-order valence-electron chi connectivity index (χ3n) is 3.64. The van der Waals surface area contributed by atoms with Crippen molar-refractivity contribution >= 4 is 0 Å². The van der Waals surface area contributed by atoms with Gasteiger partial charge in [-0.15, -0.1) is 0 Å². The van der Waals surface area contributed by atoms with Crippen molar-refractivity contribution in [2.24, 2.45) is 0 Å². The highest BCUT2D eigenvalue weighted by molar-refractivity contribution is 5.41. The summed E-state index contributed by atoms with van der Waals surface area (Å²) in [4.78, 5) is 0. The van der Waals surface area contributed by atoms with Crippen molar-refractivity contribution in [3.63, 3.8) is 0 Å². The van der Waals surface area contributed by atoms with Gasteiger partial charge in [-0.2, -0.15) is 0 Å². The van der Waals surface area contributed by atoms with Gasteiger partial charge in [-0.25, -0.2) is 8.78 Å². The second-order valence-corrected chi connectivity index (χ2v) is 5.49. The largest absolute Gasteiger partial charge is 0.306 e. The summed E-state index contributed by atoms with van der Waals surface area (Å²) in [5.74, 6) is -0.598. The first-order valence-electron chi connectivity index (χ1n) is 7.20. The molecule has 0 spiro atoms. The molecule has 0 heterocycles. The summed E-state index contributed by atoms with van der Waals surface area (Å²) in [6, 6.07) is 8.02. The van der Waals surface area contributed by atoms with E-state index in [4.69, 9.17) is 0 Å². The molecule has 2 rings (SSSR count). The maximum Gasteiger partial charge on any atom is 0.128 e. The van der Waals surface area contributed by atoms with Crippen molar-refractivity contribution in [2.75, 3.05) is 6.54 Å². The molecule has 0 bridgehead atoms. The van der Waals surface area contributed by atoms with E-state index in [1.54, 1.807) is 6.07 Å². The number of aryl methyl sites for hydroxylation is 3. The van der Waals surface area contributed by atoms with Gasteiger partial charge in [-0.1, -0.05) is 25.1 Å². The summed E-state index contributed by atoms with van der Waals surface area (Å²) >= 11 is 0. The van der Waals surface area contributed by atoms with E-state index in [0.717, 1.165) is 16.7 Å². The van der Waals surface area contributed by atoms with Gasteiger partial charge in [0, 0.05) is 11.1 Å². The lowest BCUT2D eigenvalue weighted by Crippen LogP contribution is -2.25. The van der Waals surface area contributed by atoms with Crippen LogP contribution in [0.1, 0.15) is 40.8 Å². The van der Waals surface area contributed by atoms with E-state index in [1.165, 1.54) is 12.1 Å². The van der Waals surface area contributed by atoms with Crippen LogP contribution in [0, 0.1) is 32.4 Å². The fourth-order valence-corrected chi connectivity index (χ4v) is 2.73. The molecule has 0 saturated heterocycles. The topological polar surface area (TPSA) is 12.0 Å². The van der Waals surface area contributed by atoms with Gasteiger partial charge in [-0.05, 0) is 56.1 Å². The summed E-state index contributed by atoms with van der Waals surface area (Å²) in [6.07, 6.45) is 0. The van der Waals surface area contributed by atoms with Gasteiger partial charge in [0.2, 0.25) is 0 Å². The molecular weight excluding hydrogens is 268 g/mol. The van der Waals surface area contributed by atoms with Gasteiger partial charge in [0.1, 0.15) is 11.6 Å². The van der Waals surface area contributed by atoms with Crippen LogP contribution in [0.15, 0.2) is 30.3 Å². The SMILES string of the molecule is CCNC(c1ccc(C)cc1F)c1c(C)cc(C)cc1F. The summed E-state index contributed by atoms with van der Waals surface area (Å²) in [6.45, 7) is 8.12. The Hall–Kier alpha value is -1.74. The van der Waals surface area contributed by atoms with Crippen molar-refractivity contribution in [3.05, 3.63) is 69.8 Å². The molecule has 0 saturated carbocycles. The summed E-state index contributed by atoms with van der Waals surface area (Å²) < 4.78 is 28.7. The minimum Gasteiger partial charge on any atom is -0.306 e. The Morgan fingerprint density at radius 3 is 2.19 bits per heavy atom. The van der Waals surface area contributed by atoms with Crippen LogP contribution in [0.5, 0.6) is 0 Å². The molecule has 112 valence electrons. The van der Waals surface area contributed by atoms with Gasteiger partial charge in [0.25, 0.3) is 0 Å². The number of rotatable bonds is 4. The van der Waals surface area contributed by atoms with E-state index >= 15 is 0 Å². The molecule has 1 nitrogen and oxygen atoms in total. The fourth-order valence-electron chi connectivity index (χ4n) is 2.73. The molecule has 0 aliphatic carbocycles. The Morgan fingerprint density at radius 2 is 1.62 bits per heavy atom. The average Bonchev–Trinajstić information content (AvgIpc) is 2.37. The lowest BCUT2D eigenvalue weighted by molar-refractivity contribution is 0.527. The molecule has 0 aromatic heterocycles. The molecule has 0 aliphatic rings. The summed E-state index contributed by atoms with van der Waals surface area (Å²) in [7, 11) is 0. The number of halogens is 2. The number of hydrogen-bond donors (Lipinski definition) is 1. The molecule has 1 atom stereocenters. The quantitative estimate of drug-likeness (QED) is 0.868. The molecule has 0 radical (unpaired) electrons. The predicted molar refractivity (Wildman–Crippen MR) is 82.5 cm³/mol. The maximum absolute atomic E-state index is 14.4. The number of hydrogen-bond acceptors (Lipinski definition) is 1. The molecule has 2 aromatic carbocycles. The smallest absolute Gasteiger partial charge is 0.128 e. The summed E-state index contributed by atoms with van der Waals surface area (Å²) in [5.41, 5.74) is 3.55. The third kappa shape index (κ3) is 3.30. The third-order valence-corrected chi connectivity index (χ3v) is 3.64. The predicted octanol–water partition coefficient (Wildman–Crippen LogP) is 4.59. The lowest BCUT2D eigenvalue weighted by Gasteiger charge is -2.22. The second kappa shape index (κ2) is 6.35. The van der Waals surface area contributed by atoms with Crippen molar-refractivity contribution in [2.45, 2.75) is 33.7 Å². The number of nitrogens with one attached hydrogen (secondary N) is 1. The highest BCUT2D eigenvalue weighted by atomic mass is 19.1. The van der Waals surface area contributed by atoms with Crippen LogP contribution < -0.4 is 5.32 Å². The van der Waals surface area contributed by atoms with E-state index in [0.29, 0.717) is 17.7 Å². The Kier molecular flexibility index (Phi) is 4.73. The van der Waals surface area contributed by atoms with E-state index in [-0.39, 0.29) is 11.6 Å². The molecule has 0 aliphatic heterocycles. The highest BCUT2D eigenvalue weighted by Crippen LogP contribution is 2.30. The molecule has 3 heteroatoms. The molecule has 21 heavy (non-hydrogen) atoms. The van der Waals surface area contributed by atoms with Crippen LogP contribution in [0.3, 0.4) is 0 Å². The first kappa shape index (κ1) is 15.6. The van der Waals surface area contributed by atoms with Crippen molar-refractivity contribution in [1.29, 1.82) is 0 Å². The standard InChI is InChI=1S/C18H21F2N/c1-5-21-18(14-7-6-11(2)9-15(14)19)17-13(4)8-12(3)10-16(17)20/h6-10,18,21H,5H2,1-4H3. The molecule has 1 N–H and O–H groups in total. The van der Waals surface area contributed by atoms with E-state index < -0.39 is 6.04 Å². The van der Waals surface area contributed by atoms with Gasteiger partial charge >= 0.3 is 0 Å². The van der Waals surface area contributed by atoms with E-state index in [1.807, 2.05) is 39.8 Å². The zero-order chi connectivity index (χ0) is 15.6. The monoisotopic (exact) mass is 289 g/mol. The normalized spacial score (nSPS) is 12.5. The number of benzene rings is 2. The molecule has 0 amide bonds. The second-order valence-electron chi connectivity index (χ2n) is 5.49. The van der Waals surface area contributed by atoms with Crippen LogP contribution in [0.4, 0.5) is 8.78 Å². The van der Waals surface area contributed by atoms with E-state index in [9.17, 15) is 8.78 Å². The highest BCUT2D eigenvalue weighted by Gasteiger charge is 2.22. The molecular formula is C18H21F2N. The van der Waals surface area contributed by atoms with Gasteiger partial charge < -0.3 is 5.32 Å². The van der Waals surface area contributed by atoms with Crippen molar-refractivity contribution < 1.29 is 8.78 Å². The van der Waals surface area contributed by atoms with Gasteiger partial charge in [-0.3, -0.25) is 0 Å². The first-order valence-corrected chi connectivity index (χ1v) is 7.20. The molecule has 1 unspecified atom stereocenters. The Bertz CT molecular complexity index is 627. The maximum atomic E-state index is 14.4. The zero-order valence-electron chi connectivity index (χ0n) is 12.9. The van der Waals surface area contributed by atoms with Crippen LogP contribution >= 0.6 is 0 Å². The van der Waals surface area contributed by atoms with Crippen molar-refractivity contribution in [3.8, 4) is 0 Å². The Balaban J connectivity index is 2.59. The Labute approximate surface area is 125 Å². The molecule has 2 aromatic rings. The van der Waals surface area contributed by atoms with Crippen LogP contribution in [0.2, 0.25) is 0 Å². The van der Waals surface area contributed by atoms with E-state index in [2.05, 4.69) is 5.32 Å². The minimum absolute atomic E-state index is 0.293. The van der Waals surface area contributed by atoms with Gasteiger partial charge in [0.05, 0.1) is 6.04 Å². The first-order chi connectivity index (χ1) is 9.93. The van der Waals surface area contributed by atoms with Crippen LogP contribution in [0.25, 0.3) is 0 Å². The van der Waals surface area contributed by atoms with Crippen molar-refractivity contribution in [1.82, 2.24) is 5.32 Å². The molecule has 0 fully saturated rings.